The second-order valence-corrected chi connectivity index (χ2v) is 9.90. The van der Waals surface area contributed by atoms with E-state index in [1.807, 2.05) is 0 Å². The fourth-order valence-electron chi connectivity index (χ4n) is 5.47. The quantitative estimate of drug-likeness (QED) is 0.469. The molecule has 0 aliphatic heterocycles. The monoisotopic (exact) mass is 463 g/mol. The van der Waals surface area contributed by atoms with Crippen LogP contribution in [0.3, 0.4) is 0 Å². The van der Waals surface area contributed by atoms with Crippen LogP contribution in [-0.2, 0) is 29.7 Å². The Labute approximate surface area is 188 Å². The molecule has 3 aliphatic rings. The molecule has 3 aromatic rings. The summed E-state index contributed by atoms with van der Waals surface area (Å²) in [7, 11) is 1.73. The third-order valence-corrected chi connectivity index (χ3v) is 7.46. The van der Waals surface area contributed by atoms with Crippen LogP contribution in [0.1, 0.15) is 75.5 Å². The van der Waals surface area contributed by atoms with Gasteiger partial charge in [0, 0.05) is 23.4 Å². The number of nitrogens with zero attached hydrogens (tertiary/aromatic N) is 5. The number of halogens is 4. The van der Waals surface area contributed by atoms with Gasteiger partial charge in [-0.2, -0.15) is 13.2 Å². The second-order valence-electron chi connectivity index (χ2n) is 9.90. The van der Waals surface area contributed by atoms with Crippen LogP contribution in [0.4, 0.5) is 17.6 Å². The molecule has 0 saturated heterocycles. The Morgan fingerprint density at radius 2 is 1.45 bits per heavy atom. The fourth-order valence-corrected chi connectivity index (χ4v) is 5.47. The van der Waals surface area contributed by atoms with E-state index in [4.69, 9.17) is 4.42 Å². The number of aromatic nitrogens is 5. The Bertz CT molecular complexity index is 1170. The van der Waals surface area contributed by atoms with Gasteiger partial charge in [0.15, 0.2) is 11.5 Å². The minimum Gasteiger partial charge on any atom is -0.421 e. The van der Waals surface area contributed by atoms with Crippen molar-refractivity contribution in [1.82, 2.24) is 25.0 Å². The van der Waals surface area contributed by atoms with Crippen LogP contribution in [0.5, 0.6) is 0 Å². The number of rotatable bonds is 4. The summed E-state index contributed by atoms with van der Waals surface area (Å²) in [6.07, 6.45) is 0.144. The Hall–Kier alpha value is -2.78. The van der Waals surface area contributed by atoms with Crippen molar-refractivity contribution in [2.24, 2.45) is 7.05 Å². The summed E-state index contributed by atoms with van der Waals surface area (Å²) in [6.45, 7) is 2.77. The van der Waals surface area contributed by atoms with Crippen molar-refractivity contribution in [3.8, 4) is 11.4 Å². The molecule has 3 fully saturated rings. The number of alkyl halides is 4. The highest BCUT2D eigenvalue weighted by Gasteiger charge is 2.54. The first-order chi connectivity index (χ1) is 15.5. The van der Waals surface area contributed by atoms with Gasteiger partial charge in [-0.15, -0.1) is 20.4 Å². The number of hydrogen-bond acceptors (Lipinski definition) is 5. The first-order valence-corrected chi connectivity index (χ1v) is 11.1. The molecule has 3 aliphatic carbocycles. The van der Waals surface area contributed by atoms with Crippen molar-refractivity contribution in [1.29, 1.82) is 0 Å². The molecule has 6 rings (SSSR count). The molecule has 2 bridgehead atoms. The molecule has 2 heterocycles. The zero-order valence-electron chi connectivity index (χ0n) is 18.7. The van der Waals surface area contributed by atoms with Gasteiger partial charge in [-0.1, -0.05) is 18.2 Å². The summed E-state index contributed by atoms with van der Waals surface area (Å²) in [6, 6.07) is 5.44. The van der Waals surface area contributed by atoms with E-state index in [1.54, 1.807) is 17.7 Å². The fraction of sp³-hybridized carbons (Fsp3) is 0.565. The molecule has 2 aromatic heterocycles. The molecule has 3 saturated carbocycles. The summed E-state index contributed by atoms with van der Waals surface area (Å²) in [5.41, 5.74) is -2.95. The first-order valence-electron chi connectivity index (χ1n) is 11.1. The van der Waals surface area contributed by atoms with Gasteiger partial charge in [-0.05, 0) is 58.4 Å². The van der Waals surface area contributed by atoms with E-state index in [-0.39, 0.29) is 28.1 Å². The van der Waals surface area contributed by atoms with Crippen molar-refractivity contribution in [2.45, 2.75) is 75.0 Å². The van der Waals surface area contributed by atoms with Crippen LogP contribution in [0.2, 0.25) is 0 Å². The average molecular weight is 463 g/mol. The van der Waals surface area contributed by atoms with Crippen molar-refractivity contribution >= 4 is 0 Å². The van der Waals surface area contributed by atoms with E-state index in [1.165, 1.54) is 26.0 Å². The van der Waals surface area contributed by atoms with Gasteiger partial charge in [0.05, 0.1) is 5.56 Å². The molecule has 33 heavy (non-hydrogen) atoms. The largest absolute Gasteiger partial charge is 0.421 e. The number of benzene rings is 1. The topological polar surface area (TPSA) is 69.6 Å². The van der Waals surface area contributed by atoms with Gasteiger partial charge < -0.3 is 8.98 Å². The predicted octanol–water partition coefficient (Wildman–Crippen LogP) is 5.63. The number of fused-ring (bicyclic) bond motifs is 3. The van der Waals surface area contributed by atoms with E-state index >= 15 is 0 Å². The smallest absolute Gasteiger partial charge is 0.417 e. The Kier molecular flexibility index (Phi) is 4.75. The normalized spacial score (nSPS) is 25.5. The van der Waals surface area contributed by atoms with E-state index in [2.05, 4.69) is 20.4 Å². The van der Waals surface area contributed by atoms with Gasteiger partial charge in [-0.25, -0.2) is 4.39 Å². The molecule has 10 heteroatoms. The van der Waals surface area contributed by atoms with E-state index in [0.29, 0.717) is 11.7 Å². The zero-order chi connectivity index (χ0) is 23.6. The summed E-state index contributed by atoms with van der Waals surface area (Å²) < 4.78 is 62.3. The van der Waals surface area contributed by atoms with Crippen LogP contribution in [0.25, 0.3) is 11.4 Å². The predicted molar refractivity (Wildman–Crippen MR) is 111 cm³/mol. The summed E-state index contributed by atoms with van der Waals surface area (Å²) >= 11 is 0. The third kappa shape index (κ3) is 3.45. The minimum atomic E-state index is -4.48. The third-order valence-electron chi connectivity index (χ3n) is 7.46. The first kappa shape index (κ1) is 22.0. The zero-order valence-corrected chi connectivity index (χ0v) is 18.7. The minimum absolute atomic E-state index is 0.0180. The highest BCUT2D eigenvalue weighted by Crippen LogP contribution is 2.58. The highest BCUT2D eigenvalue weighted by atomic mass is 19.4. The molecule has 176 valence electrons. The molecular formula is C23H25F4N5O. The maximum Gasteiger partial charge on any atom is 0.417 e. The lowest BCUT2D eigenvalue weighted by Crippen LogP contribution is -2.47. The standard InChI is InChI=1S/C23H25F4N5O/c1-20(2,24)18-30-31-19(33-18)22-11-8-21(9-12-22,10-13-22)17-29-28-16(32(17)3)14-6-4-5-7-15(14)23(25,26)27/h4-7H,8-13H2,1-3H3. The summed E-state index contributed by atoms with van der Waals surface area (Å²) in [5, 5.41) is 16.6. The lowest BCUT2D eigenvalue weighted by atomic mass is 9.53. The average Bonchev–Trinajstić information content (AvgIpc) is 3.42. The Morgan fingerprint density at radius 1 is 0.848 bits per heavy atom. The number of hydrogen-bond donors (Lipinski definition) is 0. The van der Waals surface area contributed by atoms with Crippen LogP contribution >= 0.6 is 0 Å². The summed E-state index contributed by atoms with van der Waals surface area (Å²) in [4.78, 5) is 0. The van der Waals surface area contributed by atoms with Gasteiger partial charge in [0.25, 0.3) is 5.89 Å². The van der Waals surface area contributed by atoms with E-state index < -0.39 is 17.4 Å². The molecule has 0 N–H and O–H groups in total. The molecule has 0 amide bonds. The van der Waals surface area contributed by atoms with Gasteiger partial charge in [-0.3, -0.25) is 0 Å². The maximum atomic E-state index is 14.2. The summed E-state index contributed by atoms with van der Waals surface area (Å²) in [5.74, 6) is 1.38. The van der Waals surface area contributed by atoms with E-state index in [0.717, 1.165) is 44.6 Å². The molecule has 6 nitrogen and oxygen atoms in total. The van der Waals surface area contributed by atoms with Crippen molar-refractivity contribution in [2.75, 3.05) is 0 Å². The van der Waals surface area contributed by atoms with Gasteiger partial charge in [0.1, 0.15) is 5.82 Å². The Morgan fingerprint density at radius 3 is 2.03 bits per heavy atom. The molecule has 0 spiro atoms. The van der Waals surface area contributed by atoms with Crippen LogP contribution in [0, 0.1) is 0 Å². The van der Waals surface area contributed by atoms with Crippen molar-refractivity contribution < 1.29 is 22.0 Å². The van der Waals surface area contributed by atoms with E-state index in [9.17, 15) is 17.6 Å². The van der Waals surface area contributed by atoms with Gasteiger partial charge >= 0.3 is 6.18 Å². The second kappa shape index (κ2) is 7.11. The van der Waals surface area contributed by atoms with Crippen molar-refractivity contribution in [3.63, 3.8) is 0 Å². The Balaban J connectivity index is 1.44. The van der Waals surface area contributed by atoms with Gasteiger partial charge in [0.2, 0.25) is 5.89 Å². The molecule has 0 atom stereocenters. The lowest BCUT2D eigenvalue weighted by molar-refractivity contribution is -0.137. The molecule has 0 unspecified atom stereocenters. The highest BCUT2D eigenvalue weighted by molar-refractivity contribution is 5.61. The molecule has 1 aromatic carbocycles. The van der Waals surface area contributed by atoms with Crippen LogP contribution in [0.15, 0.2) is 28.7 Å². The maximum absolute atomic E-state index is 14.2. The lowest BCUT2D eigenvalue weighted by Gasteiger charge is -2.51. The van der Waals surface area contributed by atoms with Crippen LogP contribution < -0.4 is 0 Å². The molecular weight excluding hydrogens is 438 g/mol. The molecule has 0 radical (unpaired) electrons. The SMILES string of the molecule is Cn1c(-c2ccccc2C(F)(F)F)nnc1C12CCC(c3nnc(C(C)(C)F)o3)(CC1)CC2. The van der Waals surface area contributed by atoms with Crippen molar-refractivity contribution in [3.05, 3.63) is 47.4 Å². The van der Waals surface area contributed by atoms with Crippen LogP contribution in [-0.4, -0.2) is 25.0 Å².